The van der Waals surface area contributed by atoms with Gasteiger partial charge in [-0.05, 0) is 63.7 Å². The van der Waals surface area contributed by atoms with E-state index < -0.39 is 5.95 Å². The van der Waals surface area contributed by atoms with Crippen LogP contribution in [0.5, 0.6) is 0 Å². The van der Waals surface area contributed by atoms with Crippen LogP contribution in [-0.2, 0) is 9.59 Å². The summed E-state index contributed by atoms with van der Waals surface area (Å²) in [5.74, 6) is 7.14. The molecule has 3 atom stereocenters. The Morgan fingerprint density at radius 2 is 2.02 bits per heavy atom. The first-order valence-corrected chi connectivity index (χ1v) is 14.5. The highest BCUT2D eigenvalue weighted by atomic mass is 19.1. The largest absolute Gasteiger partial charge is 0.369 e. The number of carbonyl (C=O) groups excluding carboxylic acids is 2. The van der Waals surface area contributed by atoms with Crippen LogP contribution in [0.1, 0.15) is 51.0 Å². The fourth-order valence-electron chi connectivity index (χ4n) is 5.27. The van der Waals surface area contributed by atoms with Crippen LogP contribution < -0.4 is 16.0 Å². The molecule has 10 nitrogen and oxygen atoms in total. The Labute approximate surface area is 247 Å². The highest BCUT2D eigenvalue weighted by Gasteiger charge is 2.56. The minimum absolute atomic E-state index is 0.0387. The van der Waals surface area contributed by atoms with Crippen molar-refractivity contribution in [3.63, 3.8) is 0 Å². The molecule has 2 fully saturated rings. The molecule has 42 heavy (non-hydrogen) atoms. The number of pyridine rings is 1. The zero-order valence-corrected chi connectivity index (χ0v) is 24.9. The summed E-state index contributed by atoms with van der Waals surface area (Å²) in [6.07, 6.45) is 12.4. The van der Waals surface area contributed by atoms with Gasteiger partial charge >= 0.3 is 0 Å². The van der Waals surface area contributed by atoms with Crippen LogP contribution in [0.2, 0.25) is 0 Å². The summed E-state index contributed by atoms with van der Waals surface area (Å²) in [4.78, 5) is 41.0. The first kappa shape index (κ1) is 30.9. The van der Waals surface area contributed by atoms with Crippen molar-refractivity contribution < 1.29 is 14.0 Å². The van der Waals surface area contributed by atoms with Crippen molar-refractivity contribution in [1.29, 1.82) is 0 Å². The van der Waals surface area contributed by atoms with E-state index in [4.69, 9.17) is 0 Å². The van der Waals surface area contributed by atoms with Gasteiger partial charge < -0.3 is 25.8 Å². The van der Waals surface area contributed by atoms with Crippen molar-refractivity contribution in [3.05, 3.63) is 48.2 Å². The molecule has 0 aliphatic heterocycles. The van der Waals surface area contributed by atoms with Gasteiger partial charge in [0.1, 0.15) is 5.82 Å². The molecule has 11 heteroatoms. The van der Waals surface area contributed by atoms with Crippen molar-refractivity contribution in [2.45, 2.75) is 51.5 Å². The van der Waals surface area contributed by atoms with Gasteiger partial charge in [0.2, 0.25) is 23.7 Å². The van der Waals surface area contributed by atoms with Crippen molar-refractivity contribution in [2.24, 2.45) is 11.3 Å². The molecule has 0 bridgehead atoms. The van der Waals surface area contributed by atoms with E-state index in [1.807, 2.05) is 19.0 Å². The number of nitrogens with one attached hydrogen (secondary N) is 3. The lowest BCUT2D eigenvalue weighted by Crippen LogP contribution is -2.40. The highest BCUT2D eigenvalue weighted by Crippen LogP contribution is 2.57. The average Bonchev–Trinajstić information content (AvgIpc) is 3.60. The number of aromatic nitrogens is 3. The number of nitrogens with zero attached hydrogens (tertiary/aromatic N) is 5. The van der Waals surface area contributed by atoms with Crippen LogP contribution in [0.25, 0.3) is 0 Å². The minimum atomic E-state index is -0.551. The molecule has 0 aromatic carbocycles. The molecule has 2 amide bonds. The monoisotopic (exact) mass is 576 g/mol. The number of halogens is 1. The maximum absolute atomic E-state index is 13.1. The fraction of sp³-hybridized carbons (Fsp3) is 0.516. The molecular formula is C31H41FN8O2. The Morgan fingerprint density at radius 3 is 2.76 bits per heavy atom. The van der Waals surface area contributed by atoms with E-state index >= 15 is 0 Å². The Bertz CT molecular complexity index is 1340. The van der Waals surface area contributed by atoms with E-state index in [9.17, 15) is 14.0 Å². The van der Waals surface area contributed by atoms with Crippen molar-refractivity contribution in [2.75, 3.05) is 51.4 Å². The molecule has 3 N–H and O–H groups in total. The summed E-state index contributed by atoms with van der Waals surface area (Å²) >= 11 is 0. The number of amides is 2. The lowest BCUT2D eigenvalue weighted by molar-refractivity contribution is -0.131. The van der Waals surface area contributed by atoms with Gasteiger partial charge in [-0.3, -0.25) is 9.59 Å². The minimum Gasteiger partial charge on any atom is -0.369 e. The molecule has 0 radical (unpaired) electrons. The molecule has 0 saturated heterocycles. The van der Waals surface area contributed by atoms with E-state index in [0.717, 1.165) is 50.6 Å². The normalized spacial score (nSPS) is 21.1. The van der Waals surface area contributed by atoms with Crippen LogP contribution in [0.3, 0.4) is 0 Å². The van der Waals surface area contributed by atoms with E-state index in [1.165, 1.54) is 23.2 Å². The van der Waals surface area contributed by atoms with Crippen LogP contribution in [-0.4, -0.2) is 83.4 Å². The van der Waals surface area contributed by atoms with Gasteiger partial charge in [0.25, 0.3) is 0 Å². The third kappa shape index (κ3) is 8.73. The van der Waals surface area contributed by atoms with Crippen LogP contribution in [0.15, 0.2) is 36.7 Å². The lowest BCUT2D eigenvalue weighted by atomic mass is 9.78. The number of likely N-dealkylation sites (N-methyl/N-ethyl adjacent to an activating group) is 2. The molecule has 2 saturated carbocycles. The van der Waals surface area contributed by atoms with Crippen LogP contribution in [0.4, 0.5) is 21.8 Å². The number of rotatable bonds is 11. The number of hydrogen-bond acceptors (Lipinski definition) is 8. The molecular weight excluding hydrogens is 535 g/mol. The number of carbonyl (C=O) groups is 2. The predicted molar refractivity (Wildman–Crippen MR) is 161 cm³/mol. The molecule has 2 aromatic heterocycles. The van der Waals surface area contributed by atoms with Crippen LogP contribution >= 0.6 is 0 Å². The second-order valence-corrected chi connectivity index (χ2v) is 11.5. The van der Waals surface area contributed by atoms with E-state index in [1.54, 1.807) is 25.4 Å². The second kappa shape index (κ2) is 14.2. The number of hydrogen-bond donors (Lipinski definition) is 3. The van der Waals surface area contributed by atoms with E-state index in [0.29, 0.717) is 24.0 Å². The average molecular weight is 577 g/mol. The maximum Gasteiger partial charge on any atom is 0.246 e. The first-order valence-electron chi connectivity index (χ1n) is 14.5. The van der Waals surface area contributed by atoms with Gasteiger partial charge in [0.05, 0.1) is 30.2 Å². The third-order valence-electron chi connectivity index (χ3n) is 7.62. The van der Waals surface area contributed by atoms with Gasteiger partial charge in [-0.15, -0.1) is 0 Å². The predicted octanol–water partition coefficient (Wildman–Crippen LogP) is 3.57. The van der Waals surface area contributed by atoms with Gasteiger partial charge in [-0.1, -0.05) is 31.3 Å². The van der Waals surface area contributed by atoms with Gasteiger partial charge in [0.15, 0.2) is 0 Å². The smallest absolute Gasteiger partial charge is 0.246 e. The third-order valence-corrected chi connectivity index (χ3v) is 7.62. The molecule has 4 rings (SSSR count). The summed E-state index contributed by atoms with van der Waals surface area (Å²) < 4.78 is 13.1. The summed E-state index contributed by atoms with van der Waals surface area (Å²) in [6.45, 7) is 3.53. The molecule has 2 heterocycles. The Balaban J connectivity index is 1.34. The quantitative estimate of drug-likeness (QED) is 0.211. The van der Waals surface area contributed by atoms with E-state index in [-0.39, 0.29) is 35.7 Å². The molecule has 1 spiro atoms. The topological polar surface area (TPSA) is 115 Å². The Hall–Kier alpha value is -4.04. The summed E-state index contributed by atoms with van der Waals surface area (Å²) in [7, 11) is 5.51. The van der Waals surface area contributed by atoms with Gasteiger partial charge in [0, 0.05) is 38.2 Å². The van der Waals surface area contributed by atoms with E-state index in [2.05, 4.69) is 49.7 Å². The second-order valence-electron chi connectivity index (χ2n) is 11.5. The lowest BCUT2D eigenvalue weighted by Gasteiger charge is -2.27. The Kier molecular flexibility index (Phi) is 10.5. The molecule has 2 aliphatic rings. The van der Waals surface area contributed by atoms with Crippen LogP contribution in [0, 0.1) is 29.1 Å². The zero-order chi connectivity index (χ0) is 30.1. The standard InChI is InChI=1S/C31H41FN8O2/c1-5-15-33-29-23(19-35-30(38-29)36-24-12-13-26(32)34-20-24)11-10-22-8-6-14-31(17-22)18-25(31)37-27(41)21-40(4)28(42)9-7-16-39(2)3/h7,9,12-13,19-20,22,25H,5-6,8,14-18,21H2,1-4H3,(H,37,41)(H2,33,35,36,38)/b9-7+/t22-,25?,31?/m0/s1. The molecule has 2 aromatic rings. The SMILES string of the molecule is CCCNc1nc(Nc2ccc(F)nc2)ncc1C#C[C@@H]1CCCC2(CC2NC(=O)CN(C)C(=O)/C=C/CN(C)C)C1. The summed E-state index contributed by atoms with van der Waals surface area (Å²) in [5, 5.41) is 9.54. The highest BCUT2D eigenvalue weighted by molar-refractivity contribution is 5.91. The van der Waals surface area contributed by atoms with Gasteiger partial charge in [-0.2, -0.15) is 9.37 Å². The molecule has 224 valence electrons. The Morgan fingerprint density at radius 1 is 1.19 bits per heavy atom. The summed E-state index contributed by atoms with van der Waals surface area (Å²) in [5.41, 5.74) is 1.39. The zero-order valence-electron chi connectivity index (χ0n) is 24.9. The van der Waals surface area contributed by atoms with Gasteiger partial charge in [-0.25, -0.2) is 9.97 Å². The molecule has 2 unspecified atom stereocenters. The van der Waals surface area contributed by atoms with Crippen molar-refractivity contribution >= 4 is 29.3 Å². The fourth-order valence-corrected chi connectivity index (χ4v) is 5.27. The van der Waals surface area contributed by atoms with Crippen molar-refractivity contribution in [1.82, 2.24) is 30.1 Å². The maximum atomic E-state index is 13.1. The van der Waals surface area contributed by atoms with Crippen molar-refractivity contribution in [3.8, 4) is 11.8 Å². The summed E-state index contributed by atoms with van der Waals surface area (Å²) in [6, 6.07) is 2.98. The number of anilines is 3. The first-order chi connectivity index (χ1) is 20.2. The molecule has 2 aliphatic carbocycles.